The molecule has 1 aromatic rings. The lowest BCUT2D eigenvalue weighted by atomic mass is 10.2. The number of halogens is 1. The minimum atomic E-state index is -0.209. The van der Waals surface area contributed by atoms with Crippen molar-refractivity contribution in [3.05, 3.63) is 29.6 Å². The number of rotatable bonds is 6. The van der Waals surface area contributed by atoms with Gasteiger partial charge < -0.3 is 9.47 Å². The highest BCUT2D eigenvalue weighted by Gasteiger charge is 2.03. The van der Waals surface area contributed by atoms with E-state index in [0.717, 1.165) is 0 Å². The first-order valence-electron chi connectivity index (χ1n) is 4.67. The number of hydrogen-bond acceptors (Lipinski definition) is 3. The van der Waals surface area contributed by atoms with Crippen molar-refractivity contribution in [1.29, 1.82) is 0 Å². The Labute approximate surface area is 93.8 Å². The van der Waals surface area contributed by atoms with Crippen molar-refractivity contribution >= 4 is 11.8 Å². The van der Waals surface area contributed by atoms with Crippen LogP contribution < -0.4 is 4.74 Å². The summed E-state index contributed by atoms with van der Waals surface area (Å²) in [6.07, 6.45) is 1.95. The predicted molar refractivity (Wildman–Crippen MR) is 61.0 cm³/mol. The zero-order valence-electron chi connectivity index (χ0n) is 8.96. The van der Waals surface area contributed by atoms with Gasteiger partial charge >= 0.3 is 0 Å². The van der Waals surface area contributed by atoms with E-state index in [9.17, 15) is 4.39 Å². The Morgan fingerprint density at radius 1 is 1.33 bits per heavy atom. The summed E-state index contributed by atoms with van der Waals surface area (Å²) in [6.45, 7) is 0.950. The molecule has 4 heteroatoms. The molecule has 0 aromatic heterocycles. The number of hydrogen-bond donors (Lipinski definition) is 0. The Balaban J connectivity index is 2.56. The molecule has 0 aliphatic carbocycles. The van der Waals surface area contributed by atoms with Gasteiger partial charge in [0, 0.05) is 18.9 Å². The van der Waals surface area contributed by atoms with Gasteiger partial charge in [-0.25, -0.2) is 4.39 Å². The second kappa shape index (κ2) is 6.69. The van der Waals surface area contributed by atoms with E-state index >= 15 is 0 Å². The Hall–Kier alpha value is -0.740. The fourth-order valence-corrected chi connectivity index (χ4v) is 1.68. The maximum Gasteiger partial charge on any atom is 0.130 e. The van der Waals surface area contributed by atoms with Crippen molar-refractivity contribution in [1.82, 2.24) is 0 Å². The molecule has 0 saturated heterocycles. The normalized spacial score (nSPS) is 10.3. The molecule has 0 amide bonds. The van der Waals surface area contributed by atoms with Crippen LogP contribution >= 0.6 is 11.8 Å². The maximum atomic E-state index is 13.4. The van der Waals surface area contributed by atoms with E-state index in [1.807, 2.05) is 6.26 Å². The molecule has 2 nitrogen and oxygen atoms in total. The van der Waals surface area contributed by atoms with Gasteiger partial charge in [-0.05, 0) is 17.9 Å². The minimum Gasteiger partial charge on any atom is -0.491 e. The lowest BCUT2D eigenvalue weighted by molar-refractivity contribution is 0.146. The Morgan fingerprint density at radius 2 is 2.13 bits per heavy atom. The third-order valence-corrected chi connectivity index (χ3v) is 2.48. The van der Waals surface area contributed by atoms with Crippen LogP contribution in [0.15, 0.2) is 18.2 Å². The highest BCUT2D eigenvalue weighted by atomic mass is 32.2. The average molecular weight is 230 g/mol. The zero-order valence-corrected chi connectivity index (χ0v) is 9.77. The largest absolute Gasteiger partial charge is 0.491 e. The molecule has 0 fully saturated rings. The first-order chi connectivity index (χ1) is 7.27. The molecule has 0 N–H and O–H groups in total. The van der Waals surface area contributed by atoms with Crippen LogP contribution in [0.4, 0.5) is 4.39 Å². The molecular formula is C11H15FO2S. The third kappa shape index (κ3) is 4.10. The van der Waals surface area contributed by atoms with Crippen molar-refractivity contribution in [2.75, 3.05) is 26.6 Å². The molecule has 84 valence electrons. The van der Waals surface area contributed by atoms with E-state index in [0.29, 0.717) is 30.3 Å². The first kappa shape index (κ1) is 12.3. The Bertz CT molecular complexity index is 305. The van der Waals surface area contributed by atoms with Gasteiger partial charge in [-0.15, -0.1) is 0 Å². The number of methoxy groups -OCH3 is 1. The Kier molecular flexibility index (Phi) is 5.50. The highest BCUT2D eigenvalue weighted by Crippen LogP contribution is 2.19. The van der Waals surface area contributed by atoms with E-state index < -0.39 is 0 Å². The quantitative estimate of drug-likeness (QED) is 0.700. The highest BCUT2D eigenvalue weighted by molar-refractivity contribution is 7.97. The fraction of sp³-hybridized carbons (Fsp3) is 0.455. The second-order valence-corrected chi connectivity index (χ2v) is 3.89. The summed E-state index contributed by atoms with van der Waals surface area (Å²) in [5.41, 5.74) is 0.710. The van der Waals surface area contributed by atoms with Gasteiger partial charge in [-0.1, -0.05) is 6.07 Å². The van der Waals surface area contributed by atoms with Crippen molar-refractivity contribution in [3.63, 3.8) is 0 Å². The molecule has 0 aliphatic rings. The fourth-order valence-electron chi connectivity index (χ4n) is 1.13. The molecule has 0 spiro atoms. The summed E-state index contributed by atoms with van der Waals surface area (Å²) in [6, 6.07) is 4.96. The van der Waals surface area contributed by atoms with Crippen LogP contribution in [-0.4, -0.2) is 26.6 Å². The summed E-state index contributed by atoms with van der Waals surface area (Å²) >= 11 is 1.60. The van der Waals surface area contributed by atoms with Gasteiger partial charge in [-0.3, -0.25) is 0 Å². The van der Waals surface area contributed by atoms with E-state index in [4.69, 9.17) is 9.47 Å². The van der Waals surface area contributed by atoms with Crippen molar-refractivity contribution < 1.29 is 13.9 Å². The van der Waals surface area contributed by atoms with Crippen molar-refractivity contribution in [2.24, 2.45) is 0 Å². The summed E-state index contributed by atoms with van der Waals surface area (Å²) < 4.78 is 23.5. The minimum absolute atomic E-state index is 0.209. The second-order valence-electron chi connectivity index (χ2n) is 3.03. The van der Waals surface area contributed by atoms with Crippen LogP contribution in [0.2, 0.25) is 0 Å². The van der Waals surface area contributed by atoms with Crippen molar-refractivity contribution in [3.8, 4) is 5.75 Å². The lowest BCUT2D eigenvalue weighted by Crippen LogP contribution is -2.04. The molecule has 0 unspecified atom stereocenters. The van der Waals surface area contributed by atoms with Gasteiger partial charge in [-0.2, -0.15) is 11.8 Å². The maximum absolute atomic E-state index is 13.4. The Morgan fingerprint density at radius 3 is 2.73 bits per heavy atom. The first-order valence-corrected chi connectivity index (χ1v) is 6.06. The molecule has 0 bridgehead atoms. The molecule has 0 aliphatic heterocycles. The average Bonchev–Trinajstić information content (AvgIpc) is 2.23. The van der Waals surface area contributed by atoms with Gasteiger partial charge in [0.1, 0.15) is 18.2 Å². The molecule has 0 radical (unpaired) electrons. The van der Waals surface area contributed by atoms with Crippen LogP contribution in [0.25, 0.3) is 0 Å². The molecule has 1 rings (SSSR count). The lowest BCUT2D eigenvalue weighted by Gasteiger charge is -2.07. The third-order valence-electron chi connectivity index (χ3n) is 1.88. The van der Waals surface area contributed by atoms with Gasteiger partial charge in [0.25, 0.3) is 0 Å². The van der Waals surface area contributed by atoms with Crippen LogP contribution in [0.3, 0.4) is 0 Å². The van der Waals surface area contributed by atoms with Crippen LogP contribution in [0.5, 0.6) is 5.75 Å². The van der Waals surface area contributed by atoms with E-state index in [2.05, 4.69) is 0 Å². The van der Waals surface area contributed by atoms with Gasteiger partial charge in [0.2, 0.25) is 0 Å². The molecule has 15 heavy (non-hydrogen) atoms. The molecule has 0 saturated carbocycles. The topological polar surface area (TPSA) is 18.5 Å². The monoisotopic (exact) mass is 230 g/mol. The standard InChI is InChI=1S/C11H15FO2S/c1-13-5-6-14-10-4-3-9(8-15-2)11(12)7-10/h3-4,7H,5-6,8H2,1-2H3. The molecule has 0 heterocycles. The summed E-state index contributed by atoms with van der Waals surface area (Å²) in [4.78, 5) is 0. The van der Waals surface area contributed by atoms with Crippen molar-refractivity contribution in [2.45, 2.75) is 5.75 Å². The molecule has 1 aromatic carbocycles. The predicted octanol–water partition coefficient (Wildman–Crippen LogP) is 2.71. The van der Waals surface area contributed by atoms with Crippen LogP contribution in [0.1, 0.15) is 5.56 Å². The van der Waals surface area contributed by atoms with E-state index in [-0.39, 0.29) is 5.82 Å². The number of thioether (sulfide) groups is 1. The summed E-state index contributed by atoms with van der Waals surface area (Å²) in [7, 11) is 1.60. The van der Waals surface area contributed by atoms with E-state index in [1.54, 1.807) is 31.0 Å². The summed E-state index contributed by atoms with van der Waals surface area (Å²) in [5, 5.41) is 0. The number of ether oxygens (including phenoxy) is 2. The van der Waals surface area contributed by atoms with Gasteiger partial charge in [0.15, 0.2) is 0 Å². The zero-order chi connectivity index (χ0) is 11.1. The number of benzene rings is 1. The molecule has 0 atom stereocenters. The smallest absolute Gasteiger partial charge is 0.130 e. The van der Waals surface area contributed by atoms with Crippen LogP contribution in [0, 0.1) is 5.82 Å². The van der Waals surface area contributed by atoms with Crippen LogP contribution in [-0.2, 0) is 10.5 Å². The van der Waals surface area contributed by atoms with Gasteiger partial charge in [0.05, 0.1) is 6.61 Å². The SMILES string of the molecule is COCCOc1ccc(CSC)c(F)c1. The summed E-state index contributed by atoms with van der Waals surface area (Å²) in [5.74, 6) is 1.03. The van der Waals surface area contributed by atoms with E-state index in [1.165, 1.54) is 6.07 Å². The molecular weight excluding hydrogens is 215 g/mol.